The summed E-state index contributed by atoms with van der Waals surface area (Å²) in [7, 11) is 3.03. The zero-order chi connectivity index (χ0) is 20.8. The highest BCUT2D eigenvalue weighted by Crippen LogP contribution is 2.27. The van der Waals surface area contributed by atoms with Crippen molar-refractivity contribution in [2.75, 3.05) is 26.0 Å². The molecule has 0 aliphatic heterocycles. The number of rotatable bonds is 7. The van der Waals surface area contributed by atoms with Gasteiger partial charge in [-0.1, -0.05) is 23.2 Å². The van der Waals surface area contributed by atoms with Crippen LogP contribution in [0.25, 0.3) is 0 Å². The van der Waals surface area contributed by atoms with Crippen molar-refractivity contribution in [3.05, 3.63) is 52.0 Å². The van der Waals surface area contributed by atoms with Crippen LogP contribution in [0.15, 0.2) is 36.4 Å². The van der Waals surface area contributed by atoms with E-state index in [4.69, 9.17) is 32.7 Å². The van der Waals surface area contributed by atoms with Gasteiger partial charge in [0.1, 0.15) is 11.5 Å². The third kappa shape index (κ3) is 5.78. The van der Waals surface area contributed by atoms with Crippen molar-refractivity contribution < 1.29 is 19.1 Å². The Hall–Kier alpha value is -2.44. The fraction of sp³-hybridized carbons (Fsp3) is 0.300. The van der Waals surface area contributed by atoms with Crippen LogP contribution in [0.5, 0.6) is 11.5 Å². The Morgan fingerprint density at radius 1 is 1.11 bits per heavy atom. The molecule has 0 heterocycles. The van der Waals surface area contributed by atoms with Crippen LogP contribution in [0, 0.1) is 6.92 Å². The van der Waals surface area contributed by atoms with E-state index in [1.54, 1.807) is 43.3 Å². The number of hydrogen-bond acceptors (Lipinski definition) is 4. The summed E-state index contributed by atoms with van der Waals surface area (Å²) in [5.74, 6) is 0.322. The largest absolute Gasteiger partial charge is 0.495 e. The predicted molar refractivity (Wildman–Crippen MR) is 111 cm³/mol. The van der Waals surface area contributed by atoms with Gasteiger partial charge in [-0.15, -0.1) is 0 Å². The van der Waals surface area contributed by atoms with Crippen molar-refractivity contribution >= 4 is 40.7 Å². The Kier molecular flexibility index (Phi) is 7.54. The van der Waals surface area contributed by atoms with Crippen LogP contribution in [0.2, 0.25) is 10.0 Å². The molecule has 2 amide bonds. The summed E-state index contributed by atoms with van der Waals surface area (Å²) < 4.78 is 10.9. The Bertz CT molecular complexity index is 873. The highest BCUT2D eigenvalue weighted by molar-refractivity contribution is 6.31. The number of benzene rings is 2. The molecule has 28 heavy (non-hydrogen) atoms. The molecule has 0 bridgehead atoms. The first-order valence-electron chi connectivity index (χ1n) is 8.52. The third-order valence-electron chi connectivity index (χ3n) is 3.98. The van der Waals surface area contributed by atoms with Crippen molar-refractivity contribution in [3.8, 4) is 11.5 Å². The molecule has 6 nitrogen and oxygen atoms in total. The van der Waals surface area contributed by atoms with E-state index in [-0.39, 0.29) is 18.4 Å². The molecule has 0 aromatic heterocycles. The number of aryl methyl sites for hydroxylation is 1. The van der Waals surface area contributed by atoms with Crippen LogP contribution in [0.3, 0.4) is 0 Å². The lowest BCUT2D eigenvalue weighted by Crippen LogP contribution is -2.42. The quantitative estimate of drug-likeness (QED) is 0.723. The van der Waals surface area contributed by atoms with Gasteiger partial charge in [0.15, 0.2) is 6.10 Å². The second-order valence-electron chi connectivity index (χ2n) is 6.26. The molecule has 1 atom stereocenters. The molecule has 0 fully saturated rings. The van der Waals surface area contributed by atoms with Gasteiger partial charge in [0, 0.05) is 17.1 Å². The van der Waals surface area contributed by atoms with Gasteiger partial charge >= 0.3 is 0 Å². The number of halogens is 2. The van der Waals surface area contributed by atoms with Crippen molar-refractivity contribution in [3.63, 3.8) is 0 Å². The second kappa shape index (κ2) is 9.66. The van der Waals surface area contributed by atoms with Gasteiger partial charge in [-0.25, -0.2) is 0 Å². The van der Waals surface area contributed by atoms with Crippen molar-refractivity contribution in [1.82, 2.24) is 4.90 Å². The number of methoxy groups -OCH3 is 1. The summed E-state index contributed by atoms with van der Waals surface area (Å²) in [6, 6.07) is 10.0. The minimum absolute atomic E-state index is 0.151. The summed E-state index contributed by atoms with van der Waals surface area (Å²) in [6.07, 6.45) is -0.765. The lowest BCUT2D eigenvalue weighted by Gasteiger charge is -2.22. The maximum absolute atomic E-state index is 12.5. The van der Waals surface area contributed by atoms with E-state index in [9.17, 15) is 9.59 Å². The van der Waals surface area contributed by atoms with Crippen molar-refractivity contribution in [2.45, 2.75) is 20.0 Å². The normalized spacial score (nSPS) is 11.5. The first kappa shape index (κ1) is 21.9. The average molecular weight is 425 g/mol. The standard InChI is InChI=1S/C20H22Cl2N2O4/c1-12-9-14(21)5-7-17(12)28-13(2)20(26)24(3)11-19(25)23-16-10-15(22)6-8-18(16)27-4/h5-10,13H,11H2,1-4H3,(H,23,25). The second-order valence-corrected chi connectivity index (χ2v) is 7.13. The SMILES string of the molecule is COc1ccc(Cl)cc1NC(=O)CN(C)C(=O)C(C)Oc1ccc(Cl)cc1C. The average Bonchev–Trinajstić information content (AvgIpc) is 2.63. The van der Waals surface area contributed by atoms with Gasteiger partial charge in [-0.3, -0.25) is 9.59 Å². The summed E-state index contributed by atoms with van der Waals surface area (Å²) in [4.78, 5) is 26.2. The minimum Gasteiger partial charge on any atom is -0.495 e. The van der Waals surface area contributed by atoms with Gasteiger partial charge in [0.25, 0.3) is 5.91 Å². The van der Waals surface area contributed by atoms with Gasteiger partial charge in [0.05, 0.1) is 19.3 Å². The molecule has 1 N–H and O–H groups in total. The number of nitrogens with zero attached hydrogens (tertiary/aromatic N) is 1. The van der Waals surface area contributed by atoms with Gasteiger partial charge < -0.3 is 19.7 Å². The van der Waals surface area contributed by atoms with Crippen molar-refractivity contribution in [2.24, 2.45) is 0 Å². The van der Waals surface area contributed by atoms with Crippen LogP contribution < -0.4 is 14.8 Å². The van der Waals surface area contributed by atoms with Crippen LogP contribution in [-0.2, 0) is 9.59 Å². The fourth-order valence-corrected chi connectivity index (χ4v) is 2.96. The Morgan fingerprint density at radius 3 is 2.32 bits per heavy atom. The van der Waals surface area contributed by atoms with E-state index in [2.05, 4.69) is 5.32 Å². The number of likely N-dealkylation sites (N-methyl/N-ethyl adjacent to an activating group) is 1. The molecule has 2 aromatic carbocycles. The zero-order valence-corrected chi connectivity index (χ0v) is 17.6. The molecule has 2 rings (SSSR count). The highest BCUT2D eigenvalue weighted by atomic mass is 35.5. The van der Waals surface area contributed by atoms with E-state index in [1.807, 2.05) is 6.92 Å². The topological polar surface area (TPSA) is 67.9 Å². The minimum atomic E-state index is -0.765. The summed E-state index contributed by atoms with van der Waals surface area (Å²) >= 11 is 11.9. The number of carbonyl (C=O) groups is 2. The molecular weight excluding hydrogens is 403 g/mol. The molecule has 0 aliphatic rings. The first-order valence-corrected chi connectivity index (χ1v) is 9.28. The van der Waals surface area contributed by atoms with E-state index < -0.39 is 6.10 Å². The number of ether oxygens (including phenoxy) is 2. The van der Waals surface area contributed by atoms with Gasteiger partial charge in [-0.05, 0) is 55.8 Å². The molecule has 2 aromatic rings. The number of carbonyl (C=O) groups excluding carboxylic acids is 2. The molecule has 0 saturated carbocycles. The lowest BCUT2D eigenvalue weighted by molar-refractivity contribution is -0.139. The maximum atomic E-state index is 12.5. The molecule has 0 aliphatic carbocycles. The van der Waals surface area contributed by atoms with Crippen LogP contribution in [-0.4, -0.2) is 43.5 Å². The van der Waals surface area contributed by atoms with Gasteiger partial charge in [0.2, 0.25) is 5.91 Å². The van der Waals surface area contributed by atoms with E-state index in [1.165, 1.54) is 19.1 Å². The summed E-state index contributed by atoms with van der Waals surface area (Å²) in [6.45, 7) is 3.32. The van der Waals surface area contributed by atoms with Crippen LogP contribution >= 0.6 is 23.2 Å². The number of hydrogen-bond donors (Lipinski definition) is 1. The molecular formula is C20H22Cl2N2O4. The molecule has 150 valence electrons. The Morgan fingerprint density at radius 2 is 1.71 bits per heavy atom. The lowest BCUT2D eigenvalue weighted by atomic mass is 10.2. The Balaban J connectivity index is 1.97. The monoisotopic (exact) mass is 424 g/mol. The van der Waals surface area contributed by atoms with Gasteiger partial charge in [-0.2, -0.15) is 0 Å². The van der Waals surface area contributed by atoms with E-state index in [0.29, 0.717) is 27.2 Å². The van der Waals surface area contributed by atoms with E-state index in [0.717, 1.165) is 5.56 Å². The molecule has 1 unspecified atom stereocenters. The smallest absolute Gasteiger partial charge is 0.263 e. The molecule has 0 saturated heterocycles. The number of anilines is 1. The first-order chi connectivity index (χ1) is 13.2. The maximum Gasteiger partial charge on any atom is 0.263 e. The Labute approximate surface area is 174 Å². The third-order valence-corrected chi connectivity index (χ3v) is 4.45. The number of amides is 2. The van der Waals surface area contributed by atoms with Crippen LogP contribution in [0.4, 0.5) is 5.69 Å². The fourth-order valence-electron chi connectivity index (χ4n) is 2.56. The summed E-state index contributed by atoms with van der Waals surface area (Å²) in [5.41, 5.74) is 1.25. The number of nitrogens with one attached hydrogen (secondary N) is 1. The summed E-state index contributed by atoms with van der Waals surface area (Å²) in [5, 5.41) is 3.75. The molecule has 8 heteroatoms. The molecule has 0 spiro atoms. The van der Waals surface area contributed by atoms with Crippen LogP contribution in [0.1, 0.15) is 12.5 Å². The predicted octanol–water partition coefficient (Wildman–Crippen LogP) is 4.17. The molecule has 0 radical (unpaired) electrons. The van der Waals surface area contributed by atoms with E-state index >= 15 is 0 Å². The highest BCUT2D eigenvalue weighted by Gasteiger charge is 2.22. The van der Waals surface area contributed by atoms with Crippen molar-refractivity contribution in [1.29, 1.82) is 0 Å². The zero-order valence-electron chi connectivity index (χ0n) is 16.1.